The van der Waals surface area contributed by atoms with Crippen molar-refractivity contribution in [3.63, 3.8) is 0 Å². The lowest BCUT2D eigenvalue weighted by Crippen LogP contribution is -2.40. The number of hydrogen-bond acceptors (Lipinski definition) is 4. The molecule has 1 aromatic rings. The molecule has 8 heteroatoms. The maximum atomic E-state index is 9.37. The molecule has 0 spiro atoms. The highest BCUT2D eigenvalue weighted by Gasteiger charge is 2.34. The third-order valence-electron chi connectivity index (χ3n) is 4.70. The Kier molecular flexibility index (Phi) is 12.0. The van der Waals surface area contributed by atoms with Crippen molar-refractivity contribution in [2.45, 2.75) is 25.0 Å². The van der Waals surface area contributed by atoms with Gasteiger partial charge in [0.15, 0.2) is 5.96 Å². The van der Waals surface area contributed by atoms with Gasteiger partial charge in [-0.2, -0.15) is 11.8 Å². The smallest absolute Gasteiger partial charge is 0.191 e. The van der Waals surface area contributed by atoms with E-state index >= 15 is 0 Å². The Labute approximate surface area is 189 Å². The van der Waals surface area contributed by atoms with Crippen LogP contribution in [0.5, 0.6) is 0 Å². The fourth-order valence-electron chi connectivity index (χ4n) is 3.11. The summed E-state index contributed by atoms with van der Waals surface area (Å²) >= 11 is 7.91. The minimum Gasteiger partial charge on any atom is -0.396 e. The number of halogens is 2. The van der Waals surface area contributed by atoms with E-state index in [2.05, 4.69) is 29.9 Å². The molecule has 1 aromatic carbocycles. The average molecular weight is 528 g/mol. The summed E-state index contributed by atoms with van der Waals surface area (Å²) in [6, 6.07) is 8.00. The molecule has 2 unspecified atom stereocenters. The second kappa shape index (κ2) is 13.1. The van der Waals surface area contributed by atoms with Crippen LogP contribution in [0.25, 0.3) is 0 Å². The van der Waals surface area contributed by atoms with E-state index < -0.39 is 0 Å². The minimum absolute atomic E-state index is 0. The van der Waals surface area contributed by atoms with Crippen molar-refractivity contribution in [1.82, 2.24) is 10.6 Å². The Bertz CT molecular complexity index is 586. The first-order valence-electron chi connectivity index (χ1n) is 9.11. The molecule has 154 valence electrons. The zero-order valence-electron chi connectivity index (χ0n) is 16.0. The third-order valence-corrected chi connectivity index (χ3v) is 5.95. The topological polar surface area (TPSA) is 65.9 Å². The van der Waals surface area contributed by atoms with E-state index in [0.717, 1.165) is 43.5 Å². The Morgan fingerprint density at radius 3 is 2.85 bits per heavy atom. The van der Waals surface area contributed by atoms with Crippen molar-refractivity contribution in [1.29, 1.82) is 0 Å². The van der Waals surface area contributed by atoms with Crippen LogP contribution in [0.3, 0.4) is 0 Å². The molecule has 5 nitrogen and oxygen atoms in total. The van der Waals surface area contributed by atoms with Gasteiger partial charge in [-0.1, -0.05) is 23.7 Å². The average Bonchev–Trinajstić information content (AvgIpc) is 3.09. The lowest BCUT2D eigenvalue weighted by Gasteiger charge is -2.25. The lowest BCUT2D eigenvalue weighted by molar-refractivity contribution is 0.131. The number of rotatable bonds is 9. The fourth-order valence-corrected chi connectivity index (χ4v) is 3.98. The minimum atomic E-state index is -0.0387. The van der Waals surface area contributed by atoms with Crippen LogP contribution in [0.15, 0.2) is 29.3 Å². The van der Waals surface area contributed by atoms with Crippen molar-refractivity contribution in [3.8, 4) is 0 Å². The lowest BCUT2D eigenvalue weighted by atomic mass is 9.84. The van der Waals surface area contributed by atoms with E-state index in [1.165, 1.54) is 5.56 Å². The molecule has 2 rings (SSSR count). The number of ether oxygens (including phenoxy) is 1. The van der Waals surface area contributed by atoms with Crippen LogP contribution in [0.1, 0.15) is 30.6 Å². The van der Waals surface area contributed by atoms with Crippen LogP contribution >= 0.6 is 47.3 Å². The van der Waals surface area contributed by atoms with Gasteiger partial charge >= 0.3 is 0 Å². The van der Waals surface area contributed by atoms with E-state index in [0.29, 0.717) is 18.4 Å². The summed E-state index contributed by atoms with van der Waals surface area (Å²) in [4.78, 5) is 4.77. The van der Waals surface area contributed by atoms with Gasteiger partial charge in [-0.05, 0) is 43.7 Å². The fraction of sp³-hybridized carbons (Fsp3) is 0.632. The van der Waals surface area contributed by atoms with Crippen LogP contribution in [0.2, 0.25) is 5.02 Å². The van der Waals surface area contributed by atoms with Crippen molar-refractivity contribution in [3.05, 3.63) is 34.9 Å². The predicted octanol–water partition coefficient (Wildman–Crippen LogP) is 3.71. The van der Waals surface area contributed by atoms with Gasteiger partial charge < -0.3 is 20.5 Å². The standard InChI is InChI=1S/C19H30ClN3O2S.HI/c1-3-21-18(23-13-19(7-9-24)8-10-25-14-19)22-12-17(26-2)15-5-4-6-16(20)11-15;/h4-6,11,17,24H,3,7-10,12-14H2,1-2H3,(H2,21,22,23);1H. The number of aliphatic imine (C=N–C) groups is 1. The molecule has 0 aliphatic carbocycles. The highest BCUT2D eigenvalue weighted by atomic mass is 127. The number of nitrogens with one attached hydrogen (secondary N) is 2. The van der Waals surface area contributed by atoms with Crippen LogP contribution < -0.4 is 10.6 Å². The van der Waals surface area contributed by atoms with Gasteiger partial charge in [-0.15, -0.1) is 24.0 Å². The SMILES string of the molecule is CCNC(=NCC1(CCO)CCOC1)NCC(SC)c1cccc(Cl)c1.I. The molecule has 27 heavy (non-hydrogen) atoms. The molecule has 1 heterocycles. The van der Waals surface area contributed by atoms with Crippen molar-refractivity contribution in [2.75, 3.05) is 45.7 Å². The van der Waals surface area contributed by atoms with E-state index in [1.54, 1.807) is 11.8 Å². The first kappa shape index (κ1) is 24.8. The predicted molar refractivity (Wildman–Crippen MR) is 127 cm³/mol. The molecule has 3 N–H and O–H groups in total. The van der Waals surface area contributed by atoms with Crippen LogP contribution in [-0.4, -0.2) is 56.8 Å². The van der Waals surface area contributed by atoms with Gasteiger partial charge in [-0.25, -0.2) is 0 Å². The molecule has 0 bridgehead atoms. The largest absolute Gasteiger partial charge is 0.396 e. The molecule has 1 saturated heterocycles. The number of guanidine groups is 1. The van der Waals surface area contributed by atoms with Crippen molar-refractivity contribution < 1.29 is 9.84 Å². The maximum Gasteiger partial charge on any atom is 0.191 e. The highest BCUT2D eigenvalue weighted by molar-refractivity contribution is 14.0. The molecular formula is C19H31ClIN3O2S. The number of hydrogen-bond donors (Lipinski definition) is 3. The van der Waals surface area contributed by atoms with Gasteiger partial charge in [0.2, 0.25) is 0 Å². The maximum absolute atomic E-state index is 9.37. The number of aliphatic hydroxyl groups is 1. The normalized spacial score (nSPS) is 20.8. The molecule has 0 aromatic heterocycles. The Hall–Kier alpha value is -0.220. The van der Waals surface area contributed by atoms with Crippen molar-refractivity contribution >= 4 is 53.3 Å². The van der Waals surface area contributed by atoms with E-state index in [-0.39, 0.29) is 36.0 Å². The molecule has 2 atom stereocenters. The molecule has 1 aliphatic heterocycles. The highest BCUT2D eigenvalue weighted by Crippen LogP contribution is 2.32. The number of nitrogens with zero attached hydrogens (tertiary/aromatic N) is 1. The molecule has 1 fully saturated rings. The number of thioether (sulfide) groups is 1. The van der Waals surface area contributed by atoms with Crippen LogP contribution in [0.4, 0.5) is 0 Å². The summed E-state index contributed by atoms with van der Waals surface area (Å²) in [6.45, 7) is 5.88. The number of aliphatic hydroxyl groups excluding tert-OH is 1. The first-order valence-corrected chi connectivity index (χ1v) is 10.8. The Balaban J connectivity index is 0.00000364. The van der Waals surface area contributed by atoms with Crippen molar-refractivity contribution in [2.24, 2.45) is 10.4 Å². The van der Waals surface area contributed by atoms with Gasteiger partial charge in [-0.3, -0.25) is 4.99 Å². The van der Waals surface area contributed by atoms with E-state index in [9.17, 15) is 5.11 Å². The monoisotopic (exact) mass is 527 g/mol. The van der Waals surface area contributed by atoms with Crippen LogP contribution in [-0.2, 0) is 4.74 Å². The quantitative estimate of drug-likeness (QED) is 0.260. The summed E-state index contributed by atoms with van der Waals surface area (Å²) in [5, 5.41) is 17.2. The second-order valence-electron chi connectivity index (χ2n) is 6.63. The second-order valence-corrected chi connectivity index (χ2v) is 8.11. The molecular weight excluding hydrogens is 497 g/mol. The Morgan fingerprint density at radius 1 is 1.44 bits per heavy atom. The summed E-state index contributed by atoms with van der Waals surface area (Å²) in [6.07, 6.45) is 3.78. The Morgan fingerprint density at radius 2 is 2.26 bits per heavy atom. The molecule has 0 radical (unpaired) electrons. The van der Waals surface area contributed by atoms with Gasteiger partial charge in [0.05, 0.1) is 13.2 Å². The van der Waals surface area contributed by atoms with E-state index in [1.807, 2.05) is 18.2 Å². The van der Waals surface area contributed by atoms with Gasteiger partial charge in [0.25, 0.3) is 0 Å². The summed E-state index contributed by atoms with van der Waals surface area (Å²) in [5.74, 6) is 0.804. The molecule has 0 amide bonds. The number of benzene rings is 1. The summed E-state index contributed by atoms with van der Waals surface area (Å²) < 4.78 is 5.55. The molecule has 0 saturated carbocycles. The summed E-state index contributed by atoms with van der Waals surface area (Å²) in [7, 11) is 0. The van der Waals surface area contributed by atoms with Gasteiger partial charge in [0, 0.05) is 42.0 Å². The third kappa shape index (κ3) is 7.97. The van der Waals surface area contributed by atoms with Gasteiger partial charge in [0.1, 0.15) is 0 Å². The summed E-state index contributed by atoms with van der Waals surface area (Å²) in [5.41, 5.74) is 1.16. The first-order chi connectivity index (χ1) is 12.6. The zero-order valence-corrected chi connectivity index (χ0v) is 19.9. The van der Waals surface area contributed by atoms with E-state index in [4.69, 9.17) is 21.3 Å². The van der Waals surface area contributed by atoms with Crippen LogP contribution in [0, 0.1) is 5.41 Å². The zero-order chi connectivity index (χ0) is 18.8. The molecule has 1 aliphatic rings.